The van der Waals surface area contributed by atoms with Gasteiger partial charge in [0.25, 0.3) is 0 Å². The largest absolute Gasteiger partial charge is 0.352 e. The van der Waals surface area contributed by atoms with Gasteiger partial charge < -0.3 is 10.2 Å². The van der Waals surface area contributed by atoms with Crippen LogP contribution in [0.15, 0.2) is 24.3 Å². The number of para-hydroxylation sites is 1. The summed E-state index contributed by atoms with van der Waals surface area (Å²) in [4.78, 5) is 27.2. The fourth-order valence-corrected chi connectivity index (χ4v) is 5.39. The zero-order valence-electron chi connectivity index (χ0n) is 18.0. The number of carbonyl (C=O) groups is 2. The SMILES string of the molecule is Cc1ccccc1N(CC(=O)NC1CCN(C(=O)C2CCCCC2)CC1)S(C)(=O)=O. The van der Waals surface area contributed by atoms with Crippen molar-refractivity contribution in [1.29, 1.82) is 0 Å². The summed E-state index contributed by atoms with van der Waals surface area (Å²) in [5.74, 6) is 0.116. The number of benzene rings is 1. The Morgan fingerprint density at radius 2 is 1.70 bits per heavy atom. The number of carbonyl (C=O) groups excluding carboxylic acids is 2. The molecule has 1 aliphatic carbocycles. The number of aryl methyl sites for hydroxylation is 1. The van der Waals surface area contributed by atoms with E-state index < -0.39 is 10.0 Å². The van der Waals surface area contributed by atoms with Crippen molar-refractivity contribution in [3.63, 3.8) is 0 Å². The van der Waals surface area contributed by atoms with Gasteiger partial charge in [-0.3, -0.25) is 13.9 Å². The standard InChI is InChI=1S/C22H33N3O4S/c1-17-8-6-7-11-20(17)25(30(2,28)29)16-21(26)23-19-12-14-24(15-13-19)22(27)18-9-4-3-5-10-18/h6-8,11,18-19H,3-5,9-10,12-16H2,1-2H3,(H,23,26). The third kappa shape index (κ3) is 5.74. The second-order valence-electron chi connectivity index (χ2n) is 8.56. The lowest BCUT2D eigenvalue weighted by Crippen LogP contribution is -2.50. The molecule has 1 aliphatic heterocycles. The molecule has 1 saturated carbocycles. The molecule has 1 heterocycles. The van der Waals surface area contributed by atoms with E-state index in [1.165, 1.54) is 6.42 Å². The third-order valence-corrected chi connectivity index (χ3v) is 7.32. The fraction of sp³-hybridized carbons (Fsp3) is 0.636. The van der Waals surface area contributed by atoms with Crippen molar-refractivity contribution in [2.24, 2.45) is 5.92 Å². The number of hydrogen-bond donors (Lipinski definition) is 1. The molecule has 2 aliphatic rings. The summed E-state index contributed by atoms with van der Waals surface area (Å²) in [7, 11) is -3.59. The molecule has 0 aromatic heterocycles. The van der Waals surface area contributed by atoms with Gasteiger partial charge in [0, 0.05) is 25.0 Å². The van der Waals surface area contributed by atoms with Crippen LogP contribution < -0.4 is 9.62 Å². The molecule has 1 N–H and O–H groups in total. The van der Waals surface area contributed by atoms with Crippen molar-refractivity contribution < 1.29 is 18.0 Å². The minimum Gasteiger partial charge on any atom is -0.352 e. The van der Waals surface area contributed by atoms with Crippen LogP contribution >= 0.6 is 0 Å². The van der Waals surface area contributed by atoms with Crippen molar-refractivity contribution >= 4 is 27.5 Å². The Labute approximate surface area is 179 Å². The van der Waals surface area contributed by atoms with E-state index in [9.17, 15) is 18.0 Å². The highest BCUT2D eigenvalue weighted by Crippen LogP contribution is 2.27. The van der Waals surface area contributed by atoms with Gasteiger partial charge in [0.1, 0.15) is 6.54 Å². The van der Waals surface area contributed by atoms with Crippen LogP contribution in [0.4, 0.5) is 5.69 Å². The van der Waals surface area contributed by atoms with Crippen LogP contribution in [0.25, 0.3) is 0 Å². The minimum atomic E-state index is -3.59. The van der Waals surface area contributed by atoms with Gasteiger partial charge in [-0.15, -0.1) is 0 Å². The van der Waals surface area contributed by atoms with E-state index in [0.29, 0.717) is 31.6 Å². The van der Waals surface area contributed by atoms with Crippen LogP contribution in [0.1, 0.15) is 50.5 Å². The first-order valence-electron chi connectivity index (χ1n) is 10.9. The van der Waals surface area contributed by atoms with Crippen molar-refractivity contribution in [2.75, 3.05) is 30.2 Å². The summed E-state index contributed by atoms with van der Waals surface area (Å²) in [5, 5.41) is 2.97. The molecule has 2 fully saturated rings. The molecule has 0 atom stereocenters. The van der Waals surface area contributed by atoms with E-state index in [2.05, 4.69) is 5.32 Å². The Hall–Kier alpha value is -2.09. The number of piperidine rings is 1. The molecule has 1 aromatic rings. The van der Waals surface area contributed by atoms with Crippen molar-refractivity contribution in [3.05, 3.63) is 29.8 Å². The molecule has 0 unspecified atom stereocenters. The maximum absolute atomic E-state index is 12.7. The predicted molar refractivity (Wildman–Crippen MR) is 118 cm³/mol. The maximum Gasteiger partial charge on any atom is 0.240 e. The number of hydrogen-bond acceptors (Lipinski definition) is 4. The van der Waals surface area contributed by atoms with Gasteiger partial charge in [-0.1, -0.05) is 37.5 Å². The molecule has 0 bridgehead atoms. The molecule has 7 nitrogen and oxygen atoms in total. The summed E-state index contributed by atoms with van der Waals surface area (Å²) in [6, 6.07) is 7.09. The first-order valence-corrected chi connectivity index (χ1v) is 12.7. The molecule has 1 aromatic carbocycles. The van der Waals surface area contributed by atoms with Gasteiger partial charge in [0.15, 0.2) is 0 Å². The fourth-order valence-electron chi connectivity index (χ4n) is 4.48. The summed E-state index contributed by atoms with van der Waals surface area (Å²) in [6.07, 6.45) is 8.01. The lowest BCUT2D eigenvalue weighted by atomic mass is 9.87. The highest BCUT2D eigenvalue weighted by Gasteiger charge is 2.30. The number of likely N-dealkylation sites (tertiary alicyclic amines) is 1. The minimum absolute atomic E-state index is 0.0359. The van der Waals surface area contributed by atoms with Crippen LogP contribution in [-0.4, -0.2) is 57.1 Å². The third-order valence-electron chi connectivity index (χ3n) is 6.20. The average Bonchev–Trinajstić information content (AvgIpc) is 2.72. The summed E-state index contributed by atoms with van der Waals surface area (Å²) < 4.78 is 25.7. The smallest absolute Gasteiger partial charge is 0.240 e. The van der Waals surface area contributed by atoms with E-state index in [0.717, 1.165) is 41.8 Å². The predicted octanol–water partition coefficient (Wildman–Crippen LogP) is 2.45. The van der Waals surface area contributed by atoms with Gasteiger partial charge in [0.2, 0.25) is 21.8 Å². The summed E-state index contributed by atoms with van der Waals surface area (Å²) in [5.41, 5.74) is 1.31. The number of anilines is 1. The molecule has 0 radical (unpaired) electrons. The lowest BCUT2D eigenvalue weighted by Gasteiger charge is -2.35. The van der Waals surface area contributed by atoms with E-state index in [1.54, 1.807) is 12.1 Å². The van der Waals surface area contributed by atoms with Crippen LogP contribution in [-0.2, 0) is 19.6 Å². The Bertz CT molecular complexity index is 857. The number of nitrogens with zero attached hydrogens (tertiary/aromatic N) is 2. The highest BCUT2D eigenvalue weighted by atomic mass is 32.2. The molecule has 8 heteroatoms. The first kappa shape index (κ1) is 22.6. The van der Waals surface area contributed by atoms with Crippen LogP contribution in [0.3, 0.4) is 0 Å². The summed E-state index contributed by atoms with van der Waals surface area (Å²) in [6.45, 7) is 2.87. The normalized spacial score (nSPS) is 18.8. The van der Waals surface area contributed by atoms with Crippen LogP contribution in [0.5, 0.6) is 0 Å². The van der Waals surface area contributed by atoms with Gasteiger partial charge in [-0.2, -0.15) is 0 Å². The van der Waals surface area contributed by atoms with Crippen molar-refractivity contribution in [3.8, 4) is 0 Å². The molecule has 2 amide bonds. The van der Waals surface area contributed by atoms with E-state index >= 15 is 0 Å². The Kier molecular flexibility index (Phi) is 7.39. The van der Waals surface area contributed by atoms with Gasteiger partial charge in [0.05, 0.1) is 11.9 Å². The van der Waals surface area contributed by atoms with Crippen molar-refractivity contribution in [2.45, 2.75) is 57.9 Å². The number of amides is 2. The lowest BCUT2D eigenvalue weighted by molar-refractivity contribution is -0.137. The zero-order valence-corrected chi connectivity index (χ0v) is 18.8. The average molecular weight is 436 g/mol. The molecular formula is C22H33N3O4S. The monoisotopic (exact) mass is 435 g/mol. The topological polar surface area (TPSA) is 86.8 Å². The Balaban J connectivity index is 1.53. The molecule has 166 valence electrons. The van der Waals surface area contributed by atoms with E-state index in [-0.39, 0.29) is 30.3 Å². The van der Waals surface area contributed by atoms with E-state index in [1.807, 2.05) is 24.0 Å². The second kappa shape index (κ2) is 9.81. The van der Waals surface area contributed by atoms with Crippen molar-refractivity contribution in [1.82, 2.24) is 10.2 Å². The van der Waals surface area contributed by atoms with Crippen LogP contribution in [0, 0.1) is 12.8 Å². The highest BCUT2D eigenvalue weighted by molar-refractivity contribution is 7.92. The van der Waals surface area contributed by atoms with Gasteiger partial charge >= 0.3 is 0 Å². The summed E-state index contributed by atoms with van der Waals surface area (Å²) >= 11 is 0. The number of nitrogens with one attached hydrogen (secondary N) is 1. The Morgan fingerprint density at radius 3 is 2.30 bits per heavy atom. The zero-order chi connectivity index (χ0) is 21.7. The van der Waals surface area contributed by atoms with E-state index in [4.69, 9.17) is 0 Å². The quantitative estimate of drug-likeness (QED) is 0.744. The first-order chi connectivity index (χ1) is 14.3. The maximum atomic E-state index is 12.7. The van der Waals surface area contributed by atoms with Gasteiger partial charge in [-0.25, -0.2) is 8.42 Å². The second-order valence-corrected chi connectivity index (χ2v) is 10.5. The van der Waals surface area contributed by atoms with Gasteiger partial charge in [-0.05, 0) is 44.2 Å². The molecular weight excluding hydrogens is 402 g/mol. The Morgan fingerprint density at radius 1 is 1.07 bits per heavy atom. The molecule has 3 rings (SSSR count). The van der Waals surface area contributed by atoms with Crippen LogP contribution in [0.2, 0.25) is 0 Å². The molecule has 1 saturated heterocycles. The molecule has 30 heavy (non-hydrogen) atoms. The number of sulfonamides is 1. The molecule has 0 spiro atoms. The number of rotatable bonds is 6.